The molecule has 122 valence electrons. The normalized spacial score (nSPS) is 10.6. The van der Waals surface area contributed by atoms with Gasteiger partial charge in [0.1, 0.15) is 18.1 Å². The second-order valence-corrected chi connectivity index (χ2v) is 5.70. The van der Waals surface area contributed by atoms with Gasteiger partial charge in [0.05, 0.1) is 0 Å². The van der Waals surface area contributed by atoms with Crippen LogP contribution in [0.4, 0.5) is 0 Å². The lowest BCUT2D eigenvalue weighted by Crippen LogP contribution is -2.09. The zero-order valence-corrected chi connectivity index (χ0v) is 13.7. The molecule has 0 aliphatic rings. The Morgan fingerprint density at radius 1 is 1.25 bits per heavy atom. The molecule has 0 bridgehead atoms. The Kier molecular flexibility index (Phi) is 4.53. The van der Waals surface area contributed by atoms with E-state index < -0.39 is 5.91 Å². The molecule has 0 unspecified atom stereocenters. The fraction of sp³-hybridized carbons (Fsp3) is 0.111. The zero-order valence-electron chi connectivity index (χ0n) is 13.0. The van der Waals surface area contributed by atoms with Crippen LogP contribution in [0.5, 0.6) is 5.75 Å². The monoisotopic (exact) mass is 342 g/mol. The van der Waals surface area contributed by atoms with E-state index in [-0.39, 0.29) is 5.76 Å². The molecule has 1 aromatic heterocycles. The fourth-order valence-corrected chi connectivity index (χ4v) is 2.37. The van der Waals surface area contributed by atoms with Crippen LogP contribution >= 0.6 is 11.6 Å². The maximum Gasteiger partial charge on any atom is 0.287 e. The molecule has 0 radical (unpaired) electrons. The highest BCUT2D eigenvalue weighted by atomic mass is 35.5. The summed E-state index contributed by atoms with van der Waals surface area (Å²) in [5, 5.41) is 4.51. The topological polar surface area (TPSA) is 78.4 Å². The van der Waals surface area contributed by atoms with E-state index in [2.05, 4.69) is 5.16 Å². The molecule has 0 saturated heterocycles. The lowest BCUT2D eigenvalue weighted by molar-refractivity contribution is 0.0965. The van der Waals surface area contributed by atoms with E-state index in [9.17, 15) is 4.79 Å². The highest BCUT2D eigenvalue weighted by Crippen LogP contribution is 2.26. The van der Waals surface area contributed by atoms with Gasteiger partial charge in [-0.25, -0.2) is 0 Å². The first-order valence-corrected chi connectivity index (χ1v) is 7.66. The molecule has 6 heteroatoms. The number of nitrogens with zero attached hydrogens (tertiary/aromatic N) is 1. The molecule has 1 amide bonds. The number of amides is 1. The standard InChI is InChI=1S/C18H15ClN2O3/c1-11-14(19)3-2-4-16(11)23-10-12-5-7-13(8-6-12)15-9-17(18(20)22)24-21-15/h2-9H,10H2,1H3,(H2,20,22). The van der Waals surface area contributed by atoms with E-state index >= 15 is 0 Å². The lowest BCUT2D eigenvalue weighted by Gasteiger charge is -2.10. The number of hydrogen-bond acceptors (Lipinski definition) is 4. The Bertz CT molecular complexity index is 872. The van der Waals surface area contributed by atoms with Crippen molar-refractivity contribution in [3.8, 4) is 17.0 Å². The number of halogens is 1. The van der Waals surface area contributed by atoms with Crippen molar-refractivity contribution >= 4 is 17.5 Å². The van der Waals surface area contributed by atoms with Crippen LogP contribution in [0.15, 0.2) is 53.1 Å². The Morgan fingerprint density at radius 2 is 2.00 bits per heavy atom. The summed E-state index contributed by atoms with van der Waals surface area (Å²) >= 11 is 6.08. The number of rotatable bonds is 5. The van der Waals surface area contributed by atoms with Crippen LogP contribution in [0.2, 0.25) is 5.02 Å². The second-order valence-electron chi connectivity index (χ2n) is 5.29. The minimum atomic E-state index is -0.643. The van der Waals surface area contributed by atoms with Crippen molar-refractivity contribution in [2.45, 2.75) is 13.5 Å². The van der Waals surface area contributed by atoms with Gasteiger partial charge in [0.25, 0.3) is 5.91 Å². The highest BCUT2D eigenvalue weighted by Gasteiger charge is 2.10. The number of hydrogen-bond donors (Lipinski definition) is 1. The van der Waals surface area contributed by atoms with Crippen LogP contribution in [0.25, 0.3) is 11.3 Å². The molecule has 0 atom stereocenters. The first-order valence-electron chi connectivity index (χ1n) is 7.28. The largest absolute Gasteiger partial charge is 0.489 e. The van der Waals surface area contributed by atoms with Crippen molar-refractivity contribution in [3.05, 3.63) is 70.4 Å². The summed E-state index contributed by atoms with van der Waals surface area (Å²) < 4.78 is 10.7. The van der Waals surface area contributed by atoms with Crippen molar-refractivity contribution in [2.24, 2.45) is 5.73 Å². The van der Waals surface area contributed by atoms with Gasteiger partial charge in [0.2, 0.25) is 5.76 Å². The molecule has 1 heterocycles. The Morgan fingerprint density at radius 3 is 2.67 bits per heavy atom. The molecule has 0 fully saturated rings. The van der Waals surface area contributed by atoms with Gasteiger partial charge in [-0.3, -0.25) is 4.79 Å². The van der Waals surface area contributed by atoms with Crippen molar-refractivity contribution in [2.75, 3.05) is 0 Å². The predicted molar refractivity (Wildman–Crippen MR) is 91.0 cm³/mol. The number of carbonyl (C=O) groups excluding carboxylic acids is 1. The molecule has 2 N–H and O–H groups in total. The smallest absolute Gasteiger partial charge is 0.287 e. The van der Waals surface area contributed by atoms with E-state index in [0.717, 1.165) is 22.4 Å². The third kappa shape index (κ3) is 3.41. The Labute approximate surface area is 144 Å². The van der Waals surface area contributed by atoms with Crippen molar-refractivity contribution in [1.29, 1.82) is 0 Å². The molecule has 0 spiro atoms. The van der Waals surface area contributed by atoms with Gasteiger partial charge < -0.3 is 15.0 Å². The van der Waals surface area contributed by atoms with Gasteiger partial charge >= 0.3 is 0 Å². The van der Waals surface area contributed by atoms with Crippen LogP contribution in [-0.2, 0) is 6.61 Å². The first kappa shape index (κ1) is 16.1. The third-order valence-corrected chi connectivity index (χ3v) is 4.02. The SMILES string of the molecule is Cc1c(Cl)cccc1OCc1ccc(-c2cc(C(N)=O)on2)cc1. The zero-order chi connectivity index (χ0) is 17.1. The molecular weight excluding hydrogens is 328 g/mol. The molecular formula is C18H15ClN2O3. The molecule has 5 nitrogen and oxygen atoms in total. The van der Waals surface area contributed by atoms with Crippen molar-refractivity contribution < 1.29 is 14.1 Å². The van der Waals surface area contributed by atoms with Gasteiger partial charge in [-0.2, -0.15) is 0 Å². The minimum Gasteiger partial charge on any atom is -0.489 e. The minimum absolute atomic E-state index is 0.0360. The predicted octanol–water partition coefficient (Wildman–Crippen LogP) is 3.98. The van der Waals surface area contributed by atoms with E-state index in [4.69, 9.17) is 26.6 Å². The third-order valence-electron chi connectivity index (χ3n) is 3.62. The summed E-state index contributed by atoms with van der Waals surface area (Å²) in [7, 11) is 0. The number of aromatic nitrogens is 1. The number of nitrogens with two attached hydrogens (primary N) is 1. The van der Waals surface area contributed by atoms with Crippen molar-refractivity contribution in [1.82, 2.24) is 5.16 Å². The van der Waals surface area contributed by atoms with Gasteiger partial charge in [-0.15, -0.1) is 0 Å². The average molecular weight is 343 g/mol. The summed E-state index contributed by atoms with van der Waals surface area (Å²) in [6.45, 7) is 2.34. The van der Waals surface area contributed by atoms with Gasteiger partial charge in [0, 0.05) is 22.2 Å². The number of carbonyl (C=O) groups is 1. The molecule has 2 aromatic carbocycles. The van der Waals surface area contributed by atoms with E-state index in [1.165, 1.54) is 6.07 Å². The molecule has 3 aromatic rings. The van der Waals surface area contributed by atoms with Crippen LogP contribution in [0.3, 0.4) is 0 Å². The molecule has 0 saturated carbocycles. The summed E-state index contributed by atoms with van der Waals surface area (Å²) in [5.41, 5.74) is 8.44. The quantitative estimate of drug-likeness (QED) is 0.760. The number of ether oxygens (including phenoxy) is 1. The van der Waals surface area contributed by atoms with Gasteiger partial charge in [0.15, 0.2) is 0 Å². The molecule has 0 aliphatic heterocycles. The van der Waals surface area contributed by atoms with E-state index in [0.29, 0.717) is 17.3 Å². The van der Waals surface area contributed by atoms with Crippen LogP contribution in [0, 0.1) is 6.92 Å². The number of primary amides is 1. The lowest BCUT2D eigenvalue weighted by atomic mass is 10.1. The van der Waals surface area contributed by atoms with Crippen LogP contribution in [0.1, 0.15) is 21.7 Å². The Balaban J connectivity index is 1.70. The summed E-state index contributed by atoms with van der Waals surface area (Å²) in [4.78, 5) is 11.0. The molecule has 24 heavy (non-hydrogen) atoms. The maximum atomic E-state index is 11.0. The number of benzene rings is 2. The van der Waals surface area contributed by atoms with Crippen LogP contribution < -0.4 is 10.5 Å². The van der Waals surface area contributed by atoms with Crippen LogP contribution in [-0.4, -0.2) is 11.1 Å². The Hall–Kier alpha value is -2.79. The second kappa shape index (κ2) is 6.76. The summed E-state index contributed by atoms with van der Waals surface area (Å²) in [5.74, 6) is 0.152. The molecule has 0 aliphatic carbocycles. The molecule has 3 rings (SSSR count). The first-order chi connectivity index (χ1) is 11.5. The fourth-order valence-electron chi connectivity index (χ4n) is 2.20. The van der Waals surface area contributed by atoms with Crippen molar-refractivity contribution in [3.63, 3.8) is 0 Å². The summed E-state index contributed by atoms with van der Waals surface area (Å²) in [6.07, 6.45) is 0. The van der Waals surface area contributed by atoms with E-state index in [1.807, 2.05) is 49.4 Å². The van der Waals surface area contributed by atoms with E-state index in [1.54, 1.807) is 0 Å². The summed E-state index contributed by atoms with van der Waals surface area (Å²) in [6, 6.07) is 14.7. The average Bonchev–Trinajstić information content (AvgIpc) is 3.07. The van der Waals surface area contributed by atoms with Gasteiger partial charge in [-0.1, -0.05) is 47.1 Å². The highest BCUT2D eigenvalue weighted by molar-refractivity contribution is 6.31. The van der Waals surface area contributed by atoms with Gasteiger partial charge in [-0.05, 0) is 24.6 Å². The maximum absolute atomic E-state index is 11.0.